The number of piperidine rings is 1. The van der Waals surface area contributed by atoms with E-state index in [1.54, 1.807) is 0 Å². The highest BCUT2D eigenvalue weighted by molar-refractivity contribution is 5.67. The van der Waals surface area contributed by atoms with E-state index in [2.05, 4.69) is 10.6 Å². The number of hydrogen-bond acceptors (Lipinski definition) is 4. The molecule has 1 amide bonds. The van der Waals surface area contributed by atoms with Gasteiger partial charge in [-0.3, -0.25) is 0 Å². The van der Waals surface area contributed by atoms with Crippen molar-refractivity contribution in [1.29, 1.82) is 0 Å². The number of aliphatic hydroxyl groups excluding tert-OH is 1. The molecule has 1 aliphatic heterocycles. The Kier molecular flexibility index (Phi) is 5.42. The van der Waals surface area contributed by atoms with Gasteiger partial charge in [0, 0.05) is 6.54 Å². The van der Waals surface area contributed by atoms with Gasteiger partial charge in [0.15, 0.2) is 0 Å². The second-order valence-corrected chi connectivity index (χ2v) is 3.80. The fourth-order valence-electron chi connectivity index (χ4n) is 1.51. The maximum atomic E-state index is 11.3. The van der Waals surface area contributed by atoms with Crippen LogP contribution in [0.5, 0.6) is 0 Å². The van der Waals surface area contributed by atoms with Gasteiger partial charge in [-0.1, -0.05) is 13.3 Å². The van der Waals surface area contributed by atoms with Crippen LogP contribution in [0.3, 0.4) is 0 Å². The predicted molar refractivity (Wildman–Crippen MR) is 56.7 cm³/mol. The van der Waals surface area contributed by atoms with Gasteiger partial charge in [-0.2, -0.15) is 0 Å². The lowest BCUT2D eigenvalue weighted by molar-refractivity contribution is 0.0882. The average Bonchev–Trinajstić information content (AvgIpc) is 2.22. The summed E-state index contributed by atoms with van der Waals surface area (Å²) in [4.78, 5) is 11.3. The lowest BCUT2D eigenvalue weighted by atomic mass is 10.0. The summed E-state index contributed by atoms with van der Waals surface area (Å²) in [5.74, 6) is 0. The van der Waals surface area contributed by atoms with Gasteiger partial charge in [-0.15, -0.1) is 0 Å². The normalized spacial score (nSPS) is 26.0. The molecule has 1 rings (SSSR count). The van der Waals surface area contributed by atoms with Gasteiger partial charge in [0.1, 0.15) is 0 Å². The predicted octanol–water partition coefficient (Wildman–Crippen LogP) is 0.235. The van der Waals surface area contributed by atoms with Crippen molar-refractivity contribution in [3.63, 3.8) is 0 Å². The first-order chi connectivity index (χ1) is 7.24. The van der Waals surface area contributed by atoms with Crippen LogP contribution in [0.25, 0.3) is 0 Å². The number of hydrogen-bond donors (Lipinski definition) is 3. The highest BCUT2D eigenvalue weighted by Gasteiger charge is 2.24. The fraction of sp³-hybridized carbons (Fsp3) is 0.900. The van der Waals surface area contributed by atoms with Crippen LogP contribution in [0.4, 0.5) is 4.79 Å². The molecule has 0 spiro atoms. The van der Waals surface area contributed by atoms with Gasteiger partial charge in [0.25, 0.3) is 0 Å². The molecule has 0 bridgehead atoms. The molecule has 1 saturated heterocycles. The number of β-amino-alcohol motifs (C(OH)–C–C–N with tert-alkyl or cyclic N) is 1. The maximum absolute atomic E-state index is 11.3. The number of aliphatic hydroxyl groups is 1. The molecule has 2 unspecified atom stereocenters. The minimum atomic E-state index is -0.516. The third-order valence-corrected chi connectivity index (χ3v) is 2.48. The number of ether oxygens (including phenoxy) is 1. The third kappa shape index (κ3) is 4.48. The summed E-state index contributed by atoms with van der Waals surface area (Å²) in [5.41, 5.74) is 0. The van der Waals surface area contributed by atoms with E-state index in [1.165, 1.54) is 0 Å². The zero-order valence-corrected chi connectivity index (χ0v) is 9.16. The van der Waals surface area contributed by atoms with E-state index >= 15 is 0 Å². The number of amides is 1. The first-order valence-electron chi connectivity index (χ1n) is 5.56. The number of unbranched alkanes of at least 4 members (excludes halogenated alkanes) is 1. The summed E-state index contributed by atoms with van der Waals surface area (Å²) in [5, 5.41) is 15.3. The van der Waals surface area contributed by atoms with Crippen LogP contribution < -0.4 is 10.6 Å². The van der Waals surface area contributed by atoms with Gasteiger partial charge in [-0.25, -0.2) is 4.79 Å². The molecule has 0 radical (unpaired) electrons. The first-order valence-corrected chi connectivity index (χ1v) is 5.56. The average molecular weight is 216 g/mol. The Labute approximate surface area is 90.2 Å². The quantitative estimate of drug-likeness (QED) is 0.589. The highest BCUT2D eigenvalue weighted by Crippen LogP contribution is 2.03. The molecular formula is C10H20N2O3. The molecule has 0 aliphatic carbocycles. The Morgan fingerprint density at radius 3 is 3.13 bits per heavy atom. The Bertz CT molecular complexity index is 199. The molecule has 0 aromatic heterocycles. The number of carbonyl (C=O) groups is 1. The standard InChI is InChI=1S/C10H20N2O3/c1-2-3-6-15-10(14)12-8-4-5-11-7-9(8)13/h8-9,11,13H,2-7H2,1H3,(H,12,14). The number of rotatable bonds is 4. The summed E-state index contributed by atoms with van der Waals surface area (Å²) in [6.07, 6.45) is 1.68. The molecule has 5 heteroatoms. The van der Waals surface area contributed by atoms with Crippen LogP contribution in [-0.4, -0.2) is 43.0 Å². The SMILES string of the molecule is CCCCOC(=O)NC1CCNCC1O. The molecule has 88 valence electrons. The molecule has 5 nitrogen and oxygen atoms in total. The largest absolute Gasteiger partial charge is 0.450 e. The van der Waals surface area contributed by atoms with Crippen LogP contribution in [0, 0.1) is 0 Å². The maximum Gasteiger partial charge on any atom is 0.407 e. The van der Waals surface area contributed by atoms with E-state index in [1.807, 2.05) is 6.92 Å². The molecule has 0 aromatic rings. The Hall–Kier alpha value is -0.810. The smallest absolute Gasteiger partial charge is 0.407 e. The van der Waals surface area contributed by atoms with Gasteiger partial charge in [-0.05, 0) is 19.4 Å². The molecule has 15 heavy (non-hydrogen) atoms. The van der Waals surface area contributed by atoms with Crippen molar-refractivity contribution >= 4 is 6.09 Å². The van der Waals surface area contributed by atoms with E-state index in [0.717, 1.165) is 25.8 Å². The second-order valence-electron chi connectivity index (χ2n) is 3.80. The first kappa shape index (κ1) is 12.3. The van der Waals surface area contributed by atoms with Gasteiger partial charge in [0.2, 0.25) is 0 Å². The minimum Gasteiger partial charge on any atom is -0.450 e. The zero-order valence-electron chi connectivity index (χ0n) is 9.16. The fourth-order valence-corrected chi connectivity index (χ4v) is 1.51. The van der Waals surface area contributed by atoms with Crippen molar-refractivity contribution in [2.75, 3.05) is 19.7 Å². The second kappa shape index (κ2) is 6.63. The van der Waals surface area contributed by atoms with Crippen molar-refractivity contribution in [1.82, 2.24) is 10.6 Å². The zero-order chi connectivity index (χ0) is 11.1. The summed E-state index contributed by atoms with van der Waals surface area (Å²) >= 11 is 0. The van der Waals surface area contributed by atoms with Gasteiger partial charge >= 0.3 is 6.09 Å². The molecule has 3 N–H and O–H groups in total. The van der Waals surface area contributed by atoms with E-state index < -0.39 is 12.2 Å². The molecular weight excluding hydrogens is 196 g/mol. The number of carbonyl (C=O) groups excluding carboxylic acids is 1. The Balaban J connectivity index is 2.18. The van der Waals surface area contributed by atoms with E-state index in [4.69, 9.17) is 4.74 Å². The van der Waals surface area contributed by atoms with E-state index in [9.17, 15) is 9.90 Å². The minimum absolute atomic E-state index is 0.180. The monoisotopic (exact) mass is 216 g/mol. The molecule has 1 aliphatic rings. The van der Waals surface area contributed by atoms with E-state index in [0.29, 0.717) is 13.2 Å². The van der Waals surface area contributed by atoms with Crippen LogP contribution in [0.2, 0.25) is 0 Å². The molecule has 1 fully saturated rings. The van der Waals surface area contributed by atoms with Crippen LogP contribution >= 0.6 is 0 Å². The molecule has 0 aromatic carbocycles. The summed E-state index contributed by atoms with van der Waals surface area (Å²) in [6, 6.07) is -0.180. The topological polar surface area (TPSA) is 70.6 Å². The van der Waals surface area contributed by atoms with Crippen LogP contribution in [0.15, 0.2) is 0 Å². The Morgan fingerprint density at radius 1 is 1.67 bits per heavy atom. The van der Waals surface area contributed by atoms with Crippen molar-refractivity contribution in [3.8, 4) is 0 Å². The van der Waals surface area contributed by atoms with Crippen molar-refractivity contribution < 1.29 is 14.6 Å². The van der Waals surface area contributed by atoms with Crippen molar-refractivity contribution in [3.05, 3.63) is 0 Å². The lowest BCUT2D eigenvalue weighted by Crippen LogP contribution is -2.52. The Morgan fingerprint density at radius 2 is 2.47 bits per heavy atom. The van der Waals surface area contributed by atoms with Gasteiger partial charge < -0.3 is 20.5 Å². The van der Waals surface area contributed by atoms with Crippen molar-refractivity contribution in [2.45, 2.75) is 38.3 Å². The van der Waals surface area contributed by atoms with Crippen LogP contribution in [0.1, 0.15) is 26.2 Å². The molecule has 2 atom stereocenters. The van der Waals surface area contributed by atoms with Gasteiger partial charge in [0.05, 0.1) is 18.8 Å². The summed E-state index contributed by atoms with van der Waals surface area (Å²) in [7, 11) is 0. The number of nitrogens with one attached hydrogen (secondary N) is 2. The lowest BCUT2D eigenvalue weighted by Gasteiger charge is -2.28. The molecule has 0 saturated carbocycles. The summed E-state index contributed by atoms with van der Waals surface area (Å²) in [6.45, 7) is 3.83. The highest BCUT2D eigenvalue weighted by atomic mass is 16.5. The third-order valence-electron chi connectivity index (χ3n) is 2.48. The van der Waals surface area contributed by atoms with Crippen molar-refractivity contribution in [2.24, 2.45) is 0 Å². The number of alkyl carbamates (subject to hydrolysis) is 1. The summed E-state index contributed by atoms with van der Waals surface area (Å²) < 4.78 is 4.95. The molecule has 1 heterocycles. The van der Waals surface area contributed by atoms with E-state index in [-0.39, 0.29) is 6.04 Å². The van der Waals surface area contributed by atoms with Crippen LogP contribution in [-0.2, 0) is 4.74 Å².